The summed E-state index contributed by atoms with van der Waals surface area (Å²) >= 11 is 0. The monoisotopic (exact) mass is 943 g/mol. The molecule has 0 unspecified atom stereocenters. The molecule has 0 bridgehead atoms. The third-order valence-electron chi connectivity index (χ3n) is 13.8. The summed E-state index contributed by atoms with van der Waals surface area (Å²) in [5.41, 5.74) is 10.7. The maximum Gasteiger partial charge on any atom is 0.241 e. The van der Waals surface area contributed by atoms with Crippen LogP contribution in [0.15, 0.2) is 214 Å². The van der Waals surface area contributed by atoms with Crippen molar-refractivity contribution in [2.45, 2.75) is 6.61 Å². The molecule has 12 nitrogen and oxygen atoms in total. The van der Waals surface area contributed by atoms with E-state index in [2.05, 4.69) is 80.0 Å². The van der Waals surface area contributed by atoms with Gasteiger partial charge in [0.15, 0.2) is 16.9 Å². The number of hydrogen-bond donors (Lipinski definition) is 0. The lowest BCUT2D eigenvalue weighted by Gasteiger charge is -2.16. The average molecular weight is 944 g/mol. The Morgan fingerprint density at radius 1 is 0.397 bits per heavy atom. The zero-order valence-electron chi connectivity index (χ0n) is 38.7. The van der Waals surface area contributed by atoms with E-state index >= 15 is 0 Å². The van der Waals surface area contributed by atoms with Crippen LogP contribution in [0.5, 0.6) is 5.75 Å². The van der Waals surface area contributed by atoms with Crippen molar-refractivity contribution in [3.8, 4) is 46.5 Å². The van der Waals surface area contributed by atoms with Crippen molar-refractivity contribution < 1.29 is 13.6 Å². The Labute approximate surface area is 414 Å². The van der Waals surface area contributed by atoms with E-state index in [-0.39, 0.29) is 6.61 Å². The molecule has 15 aromatic rings. The number of hydrogen-bond acceptors (Lipinski definition) is 9. The number of oxazole rings is 2. The van der Waals surface area contributed by atoms with E-state index in [0.717, 1.165) is 82.1 Å². The van der Waals surface area contributed by atoms with Crippen molar-refractivity contribution in [3.63, 3.8) is 0 Å². The van der Waals surface area contributed by atoms with Crippen LogP contribution < -0.4 is 4.74 Å². The SMILES string of the molecule is C=Nc1ccc2c3ccccc3n(-c3nc(-n4c5ccccc5c5ccc6nc(-c7ccccc7)oc6c54)nc(-n4c5ccccc5c5ccc6nc(-c7ccccc7)oc6c54)n3)c2c1OCc1ccccc1. The Morgan fingerprint density at radius 2 is 0.795 bits per heavy atom. The van der Waals surface area contributed by atoms with Gasteiger partial charge >= 0.3 is 0 Å². The normalized spacial score (nSPS) is 11.9. The van der Waals surface area contributed by atoms with Crippen molar-refractivity contribution in [3.05, 3.63) is 206 Å². The molecular weight excluding hydrogens is 907 g/mol. The lowest BCUT2D eigenvalue weighted by molar-refractivity contribution is 0.310. The van der Waals surface area contributed by atoms with Crippen molar-refractivity contribution in [1.82, 2.24) is 38.6 Å². The van der Waals surface area contributed by atoms with Crippen molar-refractivity contribution >= 4 is 100 Å². The van der Waals surface area contributed by atoms with E-state index in [0.29, 0.717) is 63.3 Å². The second-order valence-electron chi connectivity index (χ2n) is 17.9. The van der Waals surface area contributed by atoms with Gasteiger partial charge in [-0.2, -0.15) is 15.0 Å². The summed E-state index contributed by atoms with van der Waals surface area (Å²) in [5.74, 6) is 2.57. The highest BCUT2D eigenvalue weighted by Crippen LogP contribution is 2.44. The molecule has 0 aliphatic rings. The molecule has 0 fully saturated rings. The molecule has 12 heteroatoms. The van der Waals surface area contributed by atoms with Crippen LogP contribution in [-0.2, 0) is 6.61 Å². The van der Waals surface area contributed by atoms with E-state index in [1.54, 1.807) is 0 Å². The van der Waals surface area contributed by atoms with Crippen LogP contribution in [0.3, 0.4) is 0 Å². The Kier molecular flexibility index (Phi) is 8.87. The zero-order valence-corrected chi connectivity index (χ0v) is 38.7. The molecule has 0 amide bonds. The maximum atomic E-state index is 6.85. The molecule has 0 aliphatic carbocycles. The van der Waals surface area contributed by atoms with Gasteiger partial charge < -0.3 is 13.6 Å². The van der Waals surface area contributed by atoms with Crippen molar-refractivity contribution in [1.29, 1.82) is 0 Å². The first-order valence-corrected chi connectivity index (χ1v) is 23.9. The van der Waals surface area contributed by atoms with E-state index in [4.69, 9.17) is 38.5 Å². The molecule has 0 atom stereocenters. The Morgan fingerprint density at radius 3 is 1.26 bits per heavy atom. The molecular formula is C61H37N9O3. The third-order valence-corrected chi connectivity index (χ3v) is 13.8. The Balaban J connectivity index is 1.09. The highest BCUT2D eigenvalue weighted by Gasteiger charge is 2.28. The number of rotatable bonds is 9. The second-order valence-corrected chi connectivity index (χ2v) is 17.9. The van der Waals surface area contributed by atoms with Crippen molar-refractivity contribution in [2.24, 2.45) is 4.99 Å². The first kappa shape index (κ1) is 40.7. The number of aromatic nitrogens is 8. The molecule has 0 spiro atoms. The fourth-order valence-electron chi connectivity index (χ4n) is 10.6. The summed E-state index contributed by atoms with van der Waals surface area (Å²) in [6, 6.07) is 67.0. The summed E-state index contributed by atoms with van der Waals surface area (Å²) in [6.07, 6.45) is 0. The fourth-order valence-corrected chi connectivity index (χ4v) is 10.6. The van der Waals surface area contributed by atoms with E-state index in [1.165, 1.54) is 0 Å². The molecule has 15 rings (SSSR count). The van der Waals surface area contributed by atoms with Gasteiger partial charge in [-0.3, -0.25) is 18.7 Å². The summed E-state index contributed by atoms with van der Waals surface area (Å²) in [7, 11) is 0. The number of para-hydroxylation sites is 3. The molecule has 344 valence electrons. The average Bonchev–Trinajstić information content (AvgIpc) is 4.29. The van der Waals surface area contributed by atoms with Gasteiger partial charge in [-0.15, -0.1) is 0 Å². The zero-order chi connectivity index (χ0) is 48.1. The Bertz CT molecular complexity index is 4490. The second kappa shape index (κ2) is 15.9. The van der Waals surface area contributed by atoms with Crippen LogP contribution in [0.4, 0.5) is 5.69 Å². The minimum Gasteiger partial charge on any atom is -0.484 e. The van der Waals surface area contributed by atoms with Gasteiger partial charge in [0.1, 0.15) is 39.9 Å². The molecule has 0 saturated carbocycles. The van der Waals surface area contributed by atoms with E-state index in [9.17, 15) is 0 Å². The van der Waals surface area contributed by atoms with E-state index in [1.807, 2.05) is 146 Å². The molecule has 9 aromatic carbocycles. The third kappa shape index (κ3) is 6.20. The molecule has 0 saturated heterocycles. The van der Waals surface area contributed by atoms with Gasteiger partial charge in [0.25, 0.3) is 0 Å². The summed E-state index contributed by atoms with van der Waals surface area (Å²) < 4.78 is 26.7. The Hall–Kier alpha value is -10.2. The molecule has 0 N–H and O–H groups in total. The lowest BCUT2D eigenvalue weighted by Crippen LogP contribution is -2.13. The molecule has 0 aliphatic heterocycles. The first-order valence-electron chi connectivity index (χ1n) is 23.9. The summed E-state index contributed by atoms with van der Waals surface area (Å²) in [6.45, 7) is 4.29. The number of aliphatic imine (C=N–C) groups is 1. The highest BCUT2D eigenvalue weighted by atomic mass is 16.5. The predicted octanol–water partition coefficient (Wildman–Crippen LogP) is 14.7. The lowest BCUT2D eigenvalue weighted by atomic mass is 10.1. The van der Waals surface area contributed by atoms with Gasteiger partial charge in [0.2, 0.25) is 29.6 Å². The van der Waals surface area contributed by atoms with Gasteiger partial charge in [0.05, 0.1) is 16.6 Å². The van der Waals surface area contributed by atoms with Crippen LogP contribution in [0.1, 0.15) is 5.56 Å². The van der Waals surface area contributed by atoms with Gasteiger partial charge in [-0.25, -0.2) is 9.97 Å². The van der Waals surface area contributed by atoms with E-state index < -0.39 is 0 Å². The number of nitrogens with zero attached hydrogens (tertiary/aromatic N) is 9. The maximum absolute atomic E-state index is 6.85. The van der Waals surface area contributed by atoms with Crippen molar-refractivity contribution in [2.75, 3.05) is 0 Å². The largest absolute Gasteiger partial charge is 0.484 e. The molecule has 73 heavy (non-hydrogen) atoms. The molecule has 0 radical (unpaired) electrons. The predicted molar refractivity (Wildman–Crippen MR) is 289 cm³/mol. The van der Waals surface area contributed by atoms with Crippen LogP contribution in [0.25, 0.3) is 128 Å². The quantitative estimate of drug-likeness (QED) is 0.131. The molecule has 6 aromatic heterocycles. The minimum atomic E-state index is 0.288. The van der Waals surface area contributed by atoms with Crippen LogP contribution >= 0.6 is 0 Å². The fraction of sp³-hybridized carbons (Fsp3) is 0.0164. The van der Waals surface area contributed by atoms with Gasteiger partial charge in [0, 0.05) is 43.4 Å². The van der Waals surface area contributed by atoms with Crippen LogP contribution in [0, 0.1) is 0 Å². The first-order chi connectivity index (χ1) is 36.2. The summed E-state index contributed by atoms with van der Waals surface area (Å²) in [5, 5.41) is 5.78. The number of benzene rings is 9. The van der Waals surface area contributed by atoms with Gasteiger partial charge in [-0.1, -0.05) is 121 Å². The summed E-state index contributed by atoms with van der Waals surface area (Å²) in [4.78, 5) is 31.3. The topological polar surface area (TPSA) is 127 Å². The number of fused-ring (bicyclic) bond motifs is 13. The van der Waals surface area contributed by atoms with Crippen LogP contribution in [-0.4, -0.2) is 45.3 Å². The number of ether oxygens (including phenoxy) is 1. The smallest absolute Gasteiger partial charge is 0.241 e. The van der Waals surface area contributed by atoms with Crippen LogP contribution in [0.2, 0.25) is 0 Å². The molecule has 6 heterocycles. The highest BCUT2D eigenvalue weighted by molar-refractivity contribution is 6.18. The minimum absolute atomic E-state index is 0.288. The standard InChI is InChI=1S/C61H37N9O3/c1-62-45-32-29-42-39-23-11-14-26-48(39)68(51(42)54(45)71-35-36-17-5-2-6-18-36)59-65-60(69-49-27-15-12-24-40(49)43-30-33-46-55(52(43)69)72-57(63-46)37-19-7-3-8-20-37)67-61(66-59)70-50-28-16-13-25-41(50)44-31-34-47-56(53(44)70)73-58(64-47)38-21-9-4-10-22-38/h2-34H,1,35H2. The van der Waals surface area contributed by atoms with Gasteiger partial charge in [-0.05, 0) is 91.1 Å².